The van der Waals surface area contributed by atoms with Crippen LogP contribution in [0.25, 0.3) is 0 Å². The fourth-order valence-corrected chi connectivity index (χ4v) is 6.49. The second-order valence-electron chi connectivity index (χ2n) is 11.7. The first-order valence-electron chi connectivity index (χ1n) is 15.9. The number of benzene rings is 5. The molecular formula is C40H35N3O5. The second kappa shape index (κ2) is 13.0. The molecule has 48 heavy (non-hydrogen) atoms. The van der Waals surface area contributed by atoms with E-state index in [1.807, 2.05) is 91.0 Å². The van der Waals surface area contributed by atoms with Crippen LogP contribution >= 0.6 is 0 Å². The molecule has 240 valence electrons. The molecular weight excluding hydrogens is 602 g/mol. The number of carbonyl (C=O) groups excluding carboxylic acids is 2. The van der Waals surface area contributed by atoms with Gasteiger partial charge >= 0.3 is 12.1 Å². The number of rotatable bonds is 10. The maximum atomic E-state index is 13.4. The quantitative estimate of drug-likeness (QED) is 0.157. The number of fused-ring (bicyclic) bond motifs is 6. The molecule has 8 heteroatoms. The number of amides is 1. The molecule has 5 aromatic carbocycles. The van der Waals surface area contributed by atoms with Crippen LogP contribution in [0.3, 0.4) is 0 Å². The van der Waals surface area contributed by atoms with Crippen LogP contribution in [0.2, 0.25) is 0 Å². The van der Waals surface area contributed by atoms with Gasteiger partial charge in [0.15, 0.2) is 5.60 Å². The summed E-state index contributed by atoms with van der Waals surface area (Å²) in [6, 6.07) is 39.7. The summed E-state index contributed by atoms with van der Waals surface area (Å²) in [6.07, 6.45) is 1.31. The highest BCUT2D eigenvalue weighted by Crippen LogP contribution is 2.57. The Morgan fingerprint density at radius 3 is 2.06 bits per heavy atom. The molecule has 0 saturated carbocycles. The summed E-state index contributed by atoms with van der Waals surface area (Å²) >= 11 is 0. The SMILES string of the molecule is C=CN(Cc1ccccc1)c1ccc2c(c1)Oc1cc(N(CCOC(=O)NC)Cc3ccccc3)ccc1C21OC(=O)c2ccccc21. The van der Waals surface area contributed by atoms with Crippen LogP contribution in [0.15, 0.2) is 134 Å². The molecule has 0 saturated heterocycles. The van der Waals surface area contributed by atoms with Crippen LogP contribution < -0.4 is 19.9 Å². The largest absolute Gasteiger partial charge is 0.456 e. The third-order valence-electron chi connectivity index (χ3n) is 8.81. The Morgan fingerprint density at radius 1 is 0.792 bits per heavy atom. The number of anilines is 2. The summed E-state index contributed by atoms with van der Waals surface area (Å²) in [4.78, 5) is 29.5. The summed E-state index contributed by atoms with van der Waals surface area (Å²) in [7, 11) is 1.54. The van der Waals surface area contributed by atoms with Crippen LogP contribution in [0.5, 0.6) is 11.5 Å². The lowest BCUT2D eigenvalue weighted by atomic mass is 9.77. The normalized spacial score (nSPS) is 15.3. The van der Waals surface area contributed by atoms with E-state index in [0.29, 0.717) is 36.7 Å². The monoisotopic (exact) mass is 637 g/mol. The summed E-state index contributed by atoms with van der Waals surface area (Å²) in [5.74, 6) is 0.769. The van der Waals surface area contributed by atoms with Crippen molar-refractivity contribution >= 4 is 23.4 Å². The molecule has 1 spiro atoms. The third kappa shape index (κ3) is 5.62. The van der Waals surface area contributed by atoms with Gasteiger partial charge in [0, 0.05) is 60.3 Å². The first kappa shape index (κ1) is 30.6. The van der Waals surface area contributed by atoms with Gasteiger partial charge in [-0.1, -0.05) is 85.4 Å². The topological polar surface area (TPSA) is 80.3 Å². The smallest absolute Gasteiger partial charge is 0.406 e. The number of nitrogens with zero attached hydrogens (tertiary/aromatic N) is 2. The van der Waals surface area contributed by atoms with Crippen LogP contribution in [0, 0.1) is 0 Å². The first-order valence-corrected chi connectivity index (χ1v) is 15.9. The Hall–Kier alpha value is -6.02. The molecule has 1 N–H and O–H groups in total. The fraction of sp³-hybridized carbons (Fsp3) is 0.150. The van der Waals surface area contributed by atoms with E-state index in [1.54, 1.807) is 12.3 Å². The minimum atomic E-state index is -1.20. The third-order valence-corrected chi connectivity index (χ3v) is 8.81. The molecule has 7 rings (SSSR count). The van der Waals surface area contributed by atoms with Crippen molar-refractivity contribution < 1.29 is 23.8 Å². The predicted molar refractivity (Wildman–Crippen MR) is 185 cm³/mol. The number of nitrogens with one attached hydrogen (secondary N) is 1. The van der Waals surface area contributed by atoms with Gasteiger partial charge in [-0.25, -0.2) is 9.59 Å². The van der Waals surface area contributed by atoms with Gasteiger partial charge in [0.1, 0.15) is 18.1 Å². The molecule has 0 bridgehead atoms. The van der Waals surface area contributed by atoms with Gasteiger partial charge in [-0.3, -0.25) is 0 Å². The number of ether oxygens (including phenoxy) is 3. The molecule has 1 unspecified atom stereocenters. The van der Waals surface area contributed by atoms with Crippen molar-refractivity contribution in [3.05, 3.63) is 167 Å². The zero-order chi connectivity index (χ0) is 33.1. The zero-order valence-electron chi connectivity index (χ0n) is 26.6. The van der Waals surface area contributed by atoms with E-state index in [9.17, 15) is 9.59 Å². The molecule has 0 aromatic heterocycles. The summed E-state index contributed by atoms with van der Waals surface area (Å²) < 4.78 is 18.5. The van der Waals surface area contributed by atoms with E-state index in [0.717, 1.165) is 39.2 Å². The van der Waals surface area contributed by atoms with Crippen molar-refractivity contribution in [1.29, 1.82) is 0 Å². The first-order chi connectivity index (χ1) is 23.5. The Morgan fingerprint density at radius 2 is 1.40 bits per heavy atom. The molecule has 0 fully saturated rings. The van der Waals surface area contributed by atoms with E-state index in [2.05, 4.69) is 46.0 Å². The van der Waals surface area contributed by atoms with Crippen molar-refractivity contribution in [3.8, 4) is 11.5 Å². The highest BCUT2D eigenvalue weighted by Gasteiger charge is 2.53. The molecule has 5 aromatic rings. The van der Waals surface area contributed by atoms with Crippen molar-refractivity contribution in [3.63, 3.8) is 0 Å². The van der Waals surface area contributed by atoms with Crippen molar-refractivity contribution in [1.82, 2.24) is 5.32 Å². The minimum absolute atomic E-state index is 0.185. The molecule has 0 radical (unpaired) electrons. The van der Waals surface area contributed by atoms with E-state index in [1.165, 1.54) is 7.05 Å². The van der Waals surface area contributed by atoms with E-state index in [-0.39, 0.29) is 12.6 Å². The summed E-state index contributed by atoms with van der Waals surface area (Å²) in [5.41, 5.74) is 5.57. The minimum Gasteiger partial charge on any atom is -0.456 e. The van der Waals surface area contributed by atoms with Gasteiger partial charge in [-0.15, -0.1) is 0 Å². The van der Waals surface area contributed by atoms with E-state index < -0.39 is 11.7 Å². The van der Waals surface area contributed by atoms with Crippen LogP contribution in [0.4, 0.5) is 16.2 Å². The van der Waals surface area contributed by atoms with Crippen molar-refractivity contribution in [2.75, 3.05) is 30.0 Å². The van der Waals surface area contributed by atoms with Gasteiger partial charge in [0.25, 0.3) is 0 Å². The van der Waals surface area contributed by atoms with Crippen molar-refractivity contribution in [2.24, 2.45) is 0 Å². The Labute approximate surface area is 279 Å². The van der Waals surface area contributed by atoms with E-state index >= 15 is 0 Å². The van der Waals surface area contributed by atoms with Gasteiger partial charge in [-0.2, -0.15) is 0 Å². The lowest BCUT2D eigenvalue weighted by molar-refractivity contribution is 0.0224. The molecule has 1 atom stereocenters. The van der Waals surface area contributed by atoms with Crippen LogP contribution in [-0.4, -0.2) is 32.3 Å². The summed E-state index contributed by atoms with van der Waals surface area (Å²) in [5, 5.41) is 2.50. The van der Waals surface area contributed by atoms with Gasteiger partial charge in [-0.05, 0) is 47.7 Å². The molecule has 2 aliphatic rings. The van der Waals surface area contributed by atoms with Crippen molar-refractivity contribution in [2.45, 2.75) is 18.7 Å². The highest BCUT2D eigenvalue weighted by atomic mass is 16.6. The van der Waals surface area contributed by atoms with Gasteiger partial charge < -0.3 is 29.3 Å². The van der Waals surface area contributed by atoms with Crippen LogP contribution in [-0.2, 0) is 28.2 Å². The number of carbonyl (C=O) groups is 2. The average Bonchev–Trinajstić information content (AvgIpc) is 3.42. The van der Waals surface area contributed by atoms with E-state index in [4.69, 9.17) is 14.2 Å². The maximum absolute atomic E-state index is 13.4. The number of hydrogen-bond acceptors (Lipinski definition) is 7. The lowest BCUT2D eigenvalue weighted by Gasteiger charge is -2.38. The standard InChI is InChI=1S/C40H35N3O5/c1-3-42(26-28-12-6-4-7-13-28)30-18-20-34-36(24-30)47-37-25-31(43(22-23-46-39(45)41-2)27-29-14-8-5-9-15-29)19-21-35(37)40(34)33-17-11-10-16-32(33)38(44)48-40/h3-21,24-25H,1,22-23,26-27H2,2H3,(H,41,45). The Balaban J connectivity index is 1.32. The van der Waals surface area contributed by atoms with Gasteiger partial charge in [0.05, 0.1) is 12.1 Å². The summed E-state index contributed by atoms with van der Waals surface area (Å²) in [6.45, 7) is 5.90. The lowest BCUT2D eigenvalue weighted by Crippen LogP contribution is -2.34. The number of hydrogen-bond donors (Lipinski definition) is 1. The van der Waals surface area contributed by atoms with Crippen LogP contribution in [0.1, 0.15) is 38.2 Å². The fourth-order valence-electron chi connectivity index (χ4n) is 6.49. The number of esters is 1. The molecule has 1 amide bonds. The molecule has 0 aliphatic carbocycles. The maximum Gasteiger partial charge on any atom is 0.406 e. The predicted octanol–water partition coefficient (Wildman–Crippen LogP) is 7.77. The highest BCUT2D eigenvalue weighted by molar-refractivity contribution is 5.97. The average molecular weight is 638 g/mol. The molecule has 2 aliphatic heterocycles. The van der Waals surface area contributed by atoms with Gasteiger partial charge in [0.2, 0.25) is 0 Å². The zero-order valence-corrected chi connectivity index (χ0v) is 26.6. The Bertz CT molecular complexity index is 1980. The second-order valence-corrected chi connectivity index (χ2v) is 11.7. The molecule has 2 heterocycles. The molecule has 8 nitrogen and oxygen atoms in total. The number of alkyl carbamates (subject to hydrolysis) is 1. The Kier molecular flexibility index (Phi) is 8.29.